The molecule has 0 aliphatic carbocycles. The second-order valence-corrected chi connectivity index (χ2v) is 13.5. The number of hydrogen-bond acceptors (Lipinski definition) is 6. The van der Waals surface area contributed by atoms with E-state index in [1.54, 1.807) is 0 Å². The van der Waals surface area contributed by atoms with Crippen molar-refractivity contribution in [3.05, 3.63) is 0 Å². The SMILES string of the molecule is CCCCCCCCCCCCCC(=O)C(CN)(CNCCCCNCCCN)C(=O)CCCCCCCCCCCCC. The maximum absolute atomic E-state index is 13.6. The molecule has 0 unspecified atom stereocenters. The number of nitrogens with one attached hydrogen (secondary N) is 2. The highest BCUT2D eigenvalue weighted by Crippen LogP contribution is 2.25. The first-order valence-corrected chi connectivity index (χ1v) is 19.5. The van der Waals surface area contributed by atoms with Gasteiger partial charge in [0, 0.05) is 25.9 Å². The van der Waals surface area contributed by atoms with Crippen molar-refractivity contribution in [2.45, 2.75) is 187 Å². The lowest BCUT2D eigenvalue weighted by Crippen LogP contribution is -2.52. The second kappa shape index (κ2) is 33.5. The van der Waals surface area contributed by atoms with Gasteiger partial charge in [-0.25, -0.2) is 0 Å². The van der Waals surface area contributed by atoms with Crippen molar-refractivity contribution in [3.8, 4) is 0 Å². The van der Waals surface area contributed by atoms with Crippen LogP contribution in [0.1, 0.15) is 187 Å². The Bertz CT molecular complexity index is 590. The molecular formula is C38H78N4O2. The van der Waals surface area contributed by atoms with Crippen molar-refractivity contribution in [1.29, 1.82) is 0 Å². The van der Waals surface area contributed by atoms with Gasteiger partial charge in [0.15, 0.2) is 0 Å². The predicted octanol–water partition coefficient (Wildman–Crippen LogP) is 8.78. The number of rotatable bonds is 37. The minimum Gasteiger partial charge on any atom is -0.330 e. The first-order chi connectivity index (χ1) is 21.6. The minimum atomic E-state index is -1.06. The van der Waals surface area contributed by atoms with Crippen LogP contribution in [0.4, 0.5) is 0 Å². The molecule has 6 N–H and O–H groups in total. The summed E-state index contributed by atoms with van der Waals surface area (Å²) in [5.74, 6) is 0.139. The fourth-order valence-corrected chi connectivity index (χ4v) is 6.18. The molecule has 0 saturated carbocycles. The van der Waals surface area contributed by atoms with Crippen LogP contribution in [0.3, 0.4) is 0 Å². The van der Waals surface area contributed by atoms with Crippen molar-refractivity contribution in [2.75, 3.05) is 39.3 Å². The number of hydrogen-bond donors (Lipinski definition) is 4. The minimum absolute atomic E-state index is 0.0694. The van der Waals surface area contributed by atoms with Crippen molar-refractivity contribution in [3.63, 3.8) is 0 Å². The standard InChI is InChI=1S/C38H78N4O2/c1-3-5-7-9-11-13-15-17-19-21-23-28-36(43)38(34-40,35-42-32-26-25-31-41-33-27-30-39)37(44)29-24-22-20-18-16-14-12-10-8-6-4-2/h41-42H,3-35,39-40H2,1-2H3. The predicted molar refractivity (Wildman–Crippen MR) is 192 cm³/mol. The van der Waals surface area contributed by atoms with Crippen LogP contribution in [0.2, 0.25) is 0 Å². The van der Waals surface area contributed by atoms with Gasteiger partial charge in [0.05, 0.1) is 0 Å². The molecule has 0 heterocycles. The van der Waals surface area contributed by atoms with Gasteiger partial charge in [-0.05, 0) is 58.3 Å². The zero-order valence-corrected chi connectivity index (χ0v) is 29.8. The summed E-state index contributed by atoms with van der Waals surface area (Å²) in [6, 6.07) is 0. The van der Waals surface area contributed by atoms with Crippen LogP contribution in [-0.4, -0.2) is 50.8 Å². The molecule has 44 heavy (non-hydrogen) atoms. The normalized spacial score (nSPS) is 11.8. The third-order valence-corrected chi connectivity index (χ3v) is 9.37. The van der Waals surface area contributed by atoms with E-state index >= 15 is 0 Å². The molecule has 0 radical (unpaired) electrons. The summed E-state index contributed by atoms with van der Waals surface area (Å²) in [6.07, 6.45) is 31.6. The van der Waals surface area contributed by atoms with Crippen LogP contribution in [0.15, 0.2) is 0 Å². The van der Waals surface area contributed by atoms with Crippen LogP contribution in [0.25, 0.3) is 0 Å². The lowest BCUT2D eigenvalue weighted by Gasteiger charge is -2.30. The Morgan fingerprint density at radius 1 is 0.455 bits per heavy atom. The first-order valence-electron chi connectivity index (χ1n) is 19.5. The van der Waals surface area contributed by atoms with E-state index in [0.717, 1.165) is 71.1 Å². The largest absolute Gasteiger partial charge is 0.330 e. The Hall–Kier alpha value is -0.820. The molecule has 0 aromatic carbocycles. The lowest BCUT2D eigenvalue weighted by molar-refractivity contribution is -0.140. The van der Waals surface area contributed by atoms with Gasteiger partial charge < -0.3 is 22.1 Å². The van der Waals surface area contributed by atoms with E-state index in [4.69, 9.17) is 11.5 Å². The number of carbonyl (C=O) groups excluding carboxylic acids is 2. The Labute approximate surface area is 274 Å². The molecule has 0 rings (SSSR count). The molecule has 0 aromatic heterocycles. The van der Waals surface area contributed by atoms with E-state index < -0.39 is 5.41 Å². The molecule has 0 spiro atoms. The molecule has 6 nitrogen and oxygen atoms in total. The molecule has 0 amide bonds. The van der Waals surface area contributed by atoms with Crippen LogP contribution in [0.5, 0.6) is 0 Å². The number of ketones is 2. The highest BCUT2D eigenvalue weighted by Gasteiger charge is 2.42. The fourth-order valence-electron chi connectivity index (χ4n) is 6.18. The van der Waals surface area contributed by atoms with Crippen molar-refractivity contribution in [2.24, 2.45) is 16.9 Å². The average Bonchev–Trinajstić information content (AvgIpc) is 3.03. The van der Waals surface area contributed by atoms with E-state index in [1.165, 1.54) is 116 Å². The zero-order chi connectivity index (χ0) is 32.4. The maximum atomic E-state index is 13.6. The first kappa shape index (κ1) is 43.2. The van der Waals surface area contributed by atoms with Gasteiger partial charge >= 0.3 is 0 Å². The van der Waals surface area contributed by atoms with Gasteiger partial charge in [0.2, 0.25) is 0 Å². The summed E-state index contributed by atoms with van der Waals surface area (Å²) in [7, 11) is 0. The molecule has 0 bridgehead atoms. The van der Waals surface area contributed by atoms with Gasteiger partial charge in [-0.2, -0.15) is 0 Å². The van der Waals surface area contributed by atoms with Gasteiger partial charge in [0.25, 0.3) is 0 Å². The molecule has 0 aliphatic rings. The van der Waals surface area contributed by atoms with Crippen molar-refractivity contribution >= 4 is 11.6 Å². The van der Waals surface area contributed by atoms with Crippen LogP contribution >= 0.6 is 0 Å². The summed E-state index contributed by atoms with van der Waals surface area (Å²) < 4.78 is 0. The number of unbranched alkanes of at least 4 members (excludes halogenated alkanes) is 21. The molecule has 0 fully saturated rings. The van der Waals surface area contributed by atoms with E-state index in [1.807, 2.05) is 0 Å². The average molecular weight is 623 g/mol. The Morgan fingerprint density at radius 2 is 0.795 bits per heavy atom. The molecule has 0 saturated heterocycles. The smallest absolute Gasteiger partial charge is 0.148 e. The maximum Gasteiger partial charge on any atom is 0.148 e. The molecule has 0 aliphatic heterocycles. The van der Waals surface area contributed by atoms with Crippen molar-refractivity contribution < 1.29 is 9.59 Å². The molecular weight excluding hydrogens is 544 g/mol. The summed E-state index contributed by atoms with van der Waals surface area (Å²) in [6.45, 7) is 8.49. The summed E-state index contributed by atoms with van der Waals surface area (Å²) >= 11 is 0. The van der Waals surface area contributed by atoms with E-state index in [-0.39, 0.29) is 18.1 Å². The molecule has 0 aromatic rings. The fraction of sp³-hybridized carbons (Fsp3) is 0.947. The van der Waals surface area contributed by atoms with Gasteiger partial charge in [-0.1, -0.05) is 142 Å². The Morgan fingerprint density at radius 3 is 1.16 bits per heavy atom. The summed E-state index contributed by atoms with van der Waals surface area (Å²) in [5.41, 5.74) is 10.8. The third kappa shape index (κ3) is 24.4. The second-order valence-electron chi connectivity index (χ2n) is 13.5. The quantitative estimate of drug-likeness (QED) is 0.0407. The number of nitrogens with two attached hydrogens (primary N) is 2. The van der Waals surface area contributed by atoms with E-state index in [0.29, 0.717) is 19.4 Å². The lowest BCUT2D eigenvalue weighted by atomic mass is 9.75. The van der Waals surface area contributed by atoms with Gasteiger partial charge in [0.1, 0.15) is 17.0 Å². The topological polar surface area (TPSA) is 110 Å². The third-order valence-electron chi connectivity index (χ3n) is 9.37. The van der Waals surface area contributed by atoms with E-state index in [9.17, 15) is 9.59 Å². The van der Waals surface area contributed by atoms with Crippen LogP contribution in [-0.2, 0) is 9.59 Å². The number of Topliss-reactive ketones (excluding diaryl/α,β-unsaturated/α-hetero) is 2. The van der Waals surface area contributed by atoms with Crippen LogP contribution in [0, 0.1) is 5.41 Å². The summed E-state index contributed by atoms with van der Waals surface area (Å²) in [4.78, 5) is 27.2. The summed E-state index contributed by atoms with van der Waals surface area (Å²) in [5, 5.41) is 6.87. The van der Waals surface area contributed by atoms with E-state index in [2.05, 4.69) is 24.5 Å². The number of carbonyl (C=O) groups is 2. The highest BCUT2D eigenvalue weighted by atomic mass is 16.2. The Kier molecular flexibility index (Phi) is 32.9. The van der Waals surface area contributed by atoms with Crippen molar-refractivity contribution in [1.82, 2.24) is 10.6 Å². The van der Waals surface area contributed by atoms with Crippen LogP contribution < -0.4 is 22.1 Å². The molecule has 0 atom stereocenters. The Balaban J connectivity index is 4.55. The highest BCUT2D eigenvalue weighted by molar-refractivity contribution is 6.07. The van der Waals surface area contributed by atoms with Gasteiger partial charge in [-0.15, -0.1) is 0 Å². The molecule has 6 heteroatoms. The molecule has 262 valence electrons. The zero-order valence-electron chi connectivity index (χ0n) is 29.8. The van der Waals surface area contributed by atoms with Gasteiger partial charge in [-0.3, -0.25) is 9.59 Å². The monoisotopic (exact) mass is 623 g/mol.